The Bertz CT molecular complexity index is 1340. The lowest BCUT2D eigenvalue weighted by Crippen LogP contribution is -2.54. The normalized spacial score (nSPS) is 24.5. The van der Waals surface area contributed by atoms with Gasteiger partial charge in [-0.2, -0.15) is 0 Å². The maximum atomic E-state index is 13.6. The van der Waals surface area contributed by atoms with Gasteiger partial charge in [0.25, 0.3) is 0 Å². The number of likely N-dealkylation sites (tertiary alicyclic amines) is 1. The summed E-state index contributed by atoms with van der Waals surface area (Å²) < 4.78 is 11.1. The SMILES string of the molecule is CC(C)(C)OC(=O)N1CCC[C@@H](NC(=O)C2Sc3nccc4c3C2NC(=O)N4c2cccc(C3CCOCC3)c2)C1. The second kappa shape index (κ2) is 11.2. The highest BCUT2D eigenvalue weighted by Gasteiger charge is 2.47. The van der Waals surface area contributed by atoms with E-state index in [2.05, 4.69) is 27.8 Å². The molecule has 0 bridgehead atoms. The molecule has 5 heterocycles. The van der Waals surface area contributed by atoms with E-state index in [1.165, 1.54) is 17.3 Å². The summed E-state index contributed by atoms with van der Waals surface area (Å²) in [5, 5.41) is 6.43. The quantitative estimate of drug-likeness (QED) is 0.532. The van der Waals surface area contributed by atoms with Crippen molar-refractivity contribution in [3.8, 4) is 0 Å². The summed E-state index contributed by atoms with van der Waals surface area (Å²) in [6.45, 7) is 8.01. The smallest absolute Gasteiger partial charge is 0.410 e. The van der Waals surface area contributed by atoms with E-state index in [0.717, 1.165) is 60.9 Å². The van der Waals surface area contributed by atoms with Gasteiger partial charge in [0.2, 0.25) is 5.91 Å². The number of aromatic nitrogens is 1. The van der Waals surface area contributed by atoms with Crippen molar-refractivity contribution in [3.05, 3.63) is 47.7 Å². The molecule has 3 atom stereocenters. The topological polar surface area (TPSA) is 113 Å². The van der Waals surface area contributed by atoms with Gasteiger partial charge < -0.3 is 25.0 Å². The molecule has 2 saturated heterocycles. The number of pyridine rings is 1. The summed E-state index contributed by atoms with van der Waals surface area (Å²) in [4.78, 5) is 47.7. The fourth-order valence-corrected chi connectivity index (χ4v) is 7.34. The van der Waals surface area contributed by atoms with E-state index in [1.54, 1.807) is 16.0 Å². The van der Waals surface area contributed by atoms with Crippen LogP contribution in [0, 0.1) is 0 Å². The van der Waals surface area contributed by atoms with Crippen LogP contribution < -0.4 is 15.5 Å². The van der Waals surface area contributed by atoms with Crippen molar-refractivity contribution >= 4 is 41.2 Å². The van der Waals surface area contributed by atoms with Crippen molar-refractivity contribution in [2.45, 2.75) is 80.3 Å². The number of piperidine rings is 1. The van der Waals surface area contributed by atoms with E-state index in [1.807, 2.05) is 39.0 Å². The zero-order chi connectivity index (χ0) is 28.7. The van der Waals surface area contributed by atoms with E-state index < -0.39 is 16.9 Å². The van der Waals surface area contributed by atoms with Gasteiger partial charge >= 0.3 is 12.1 Å². The van der Waals surface area contributed by atoms with Crippen LogP contribution in [-0.2, 0) is 14.3 Å². The third kappa shape index (κ3) is 5.74. The molecule has 6 rings (SSSR count). The maximum absolute atomic E-state index is 13.6. The number of ether oxygens (including phenoxy) is 2. The van der Waals surface area contributed by atoms with Gasteiger partial charge in [0, 0.05) is 44.1 Å². The number of amides is 4. The standard InChI is InChI=1S/C30H37N5O5S/c1-30(2,3)40-29(38)34-13-5-7-20(17-34)32-26(36)25-24-23-22(9-12-31-27(23)41-25)35(28(37)33-24)21-8-4-6-19(16-21)18-10-14-39-15-11-18/h4,6,8-9,12,16,18,20,24-25H,5,7,10-11,13-15,17H2,1-3H3,(H,32,36)(H,33,37)/t20-,24?,25?/m1/s1. The molecule has 2 N–H and O–H groups in total. The molecule has 0 radical (unpaired) electrons. The van der Waals surface area contributed by atoms with Crippen molar-refractivity contribution < 1.29 is 23.9 Å². The number of urea groups is 1. The number of thioether (sulfide) groups is 1. The lowest BCUT2D eigenvalue weighted by molar-refractivity contribution is -0.122. The molecule has 0 spiro atoms. The summed E-state index contributed by atoms with van der Waals surface area (Å²) >= 11 is 1.38. The summed E-state index contributed by atoms with van der Waals surface area (Å²) in [6.07, 6.45) is 4.81. The van der Waals surface area contributed by atoms with Crippen molar-refractivity contribution in [2.24, 2.45) is 0 Å². The van der Waals surface area contributed by atoms with Gasteiger partial charge in [0.05, 0.1) is 17.4 Å². The molecule has 2 unspecified atom stereocenters. The molecule has 218 valence electrons. The van der Waals surface area contributed by atoms with Gasteiger partial charge in [0.1, 0.15) is 15.9 Å². The van der Waals surface area contributed by atoms with Crippen LogP contribution in [0.5, 0.6) is 0 Å². The monoisotopic (exact) mass is 579 g/mol. The zero-order valence-electron chi connectivity index (χ0n) is 23.7. The Balaban J connectivity index is 1.19. The van der Waals surface area contributed by atoms with E-state index in [9.17, 15) is 14.4 Å². The summed E-state index contributed by atoms with van der Waals surface area (Å²) in [5.41, 5.74) is 3.03. The van der Waals surface area contributed by atoms with Gasteiger partial charge in [-0.3, -0.25) is 9.69 Å². The number of carbonyl (C=O) groups excluding carboxylic acids is 3. The third-order valence-corrected chi connectivity index (χ3v) is 9.29. The van der Waals surface area contributed by atoms with Crippen molar-refractivity contribution in [1.29, 1.82) is 0 Å². The Labute approximate surface area is 244 Å². The fourth-order valence-electron chi connectivity index (χ4n) is 6.10. The molecule has 4 aliphatic rings. The summed E-state index contributed by atoms with van der Waals surface area (Å²) in [5.74, 6) is 0.234. The molecule has 41 heavy (non-hydrogen) atoms. The molecular formula is C30H37N5O5S. The Hall–Kier alpha value is -3.31. The number of carbonyl (C=O) groups is 3. The first-order valence-corrected chi connectivity index (χ1v) is 15.3. The first-order chi connectivity index (χ1) is 19.7. The van der Waals surface area contributed by atoms with E-state index in [-0.39, 0.29) is 24.1 Å². The fraction of sp³-hybridized carbons (Fsp3) is 0.533. The molecule has 2 aromatic rings. The van der Waals surface area contributed by atoms with Crippen molar-refractivity contribution in [2.75, 3.05) is 31.2 Å². The molecule has 10 nitrogen and oxygen atoms in total. The highest BCUT2D eigenvalue weighted by molar-refractivity contribution is 8.01. The molecular weight excluding hydrogens is 542 g/mol. The highest BCUT2D eigenvalue weighted by atomic mass is 32.2. The number of nitrogens with one attached hydrogen (secondary N) is 2. The number of hydrogen-bond donors (Lipinski definition) is 2. The average molecular weight is 580 g/mol. The Morgan fingerprint density at radius 3 is 2.76 bits per heavy atom. The zero-order valence-corrected chi connectivity index (χ0v) is 24.5. The maximum Gasteiger partial charge on any atom is 0.410 e. The second-order valence-corrected chi connectivity index (χ2v) is 13.2. The predicted octanol–water partition coefficient (Wildman–Crippen LogP) is 4.87. The van der Waals surface area contributed by atoms with Crippen LogP contribution in [0.1, 0.15) is 69.5 Å². The molecule has 0 saturated carbocycles. The minimum Gasteiger partial charge on any atom is -0.444 e. The molecule has 1 aromatic heterocycles. The predicted molar refractivity (Wildman–Crippen MR) is 156 cm³/mol. The Kier molecular flexibility index (Phi) is 7.58. The van der Waals surface area contributed by atoms with Gasteiger partial charge in [-0.05, 0) is 76.1 Å². The molecule has 4 aliphatic heterocycles. The number of benzene rings is 1. The van der Waals surface area contributed by atoms with Gasteiger partial charge in [-0.15, -0.1) is 0 Å². The second-order valence-electron chi connectivity index (χ2n) is 12.1. The van der Waals surface area contributed by atoms with Crippen LogP contribution in [0.25, 0.3) is 0 Å². The minimum atomic E-state index is -0.580. The van der Waals surface area contributed by atoms with Crippen LogP contribution in [0.4, 0.5) is 21.0 Å². The van der Waals surface area contributed by atoms with E-state index in [4.69, 9.17) is 9.47 Å². The first-order valence-electron chi connectivity index (χ1n) is 14.4. The minimum absolute atomic E-state index is 0.171. The Morgan fingerprint density at radius 1 is 1.17 bits per heavy atom. The number of rotatable bonds is 4. The van der Waals surface area contributed by atoms with Gasteiger partial charge in [-0.1, -0.05) is 23.9 Å². The van der Waals surface area contributed by atoms with Crippen LogP contribution in [0.2, 0.25) is 0 Å². The van der Waals surface area contributed by atoms with Crippen LogP contribution >= 0.6 is 11.8 Å². The first kappa shape index (κ1) is 27.8. The van der Waals surface area contributed by atoms with Gasteiger partial charge in [-0.25, -0.2) is 14.6 Å². The largest absolute Gasteiger partial charge is 0.444 e. The molecule has 11 heteroatoms. The van der Waals surface area contributed by atoms with Crippen LogP contribution in [0.3, 0.4) is 0 Å². The van der Waals surface area contributed by atoms with E-state index >= 15 is 0 Å². The molecule has 0 aliphatic carbocycles. The average Bonchev–Trinajstić information content (AvgIpc) is 3.32. The summed E-state index contributed by atoms with van der Waals surface area (Å²) in [7, 11) is 0. The van der Waals surface area contributed by atoms with Crippen molar-refractivity contribution in [1.82, 2.24) is 20.5 Å². The van der Waals surface area contributed by atoms with Crippen LogP contribution in [-0.4, -0.2) is 71.1 Å². The lowest BCUT2D eigenvalue weighted by atomic mass is 9.91. The molecule has 1 aromatic carbocycles. The van der Waals surface area contributed by atoms with Crippen LogP contribution in [0.15, 0.2) is 41.6 Å². The van der Waals surface area contributed by atoms with Gasteiger partial charge in [0.15, 0.2) is 0 Å². The third-order valence-electron chi connectivity index (χ3n) is 8.00. The Morgan fingerprint density at radius 2 is 1.98 bits per heavy atom. The highest BCUT2D eigenvalue weighted by Crippen LogP contribution is 2.50. The van der Waals surface area contributed by atoms with Crippen molar-refractivity contribution in [3.63, 3.8) is 0 Å². The number of hydrogen-bond acceptors (Lipinski definition) is 7. The van der Waals surface area contributed by atoms with E-state index in [0.29, 0.717) is 19.0 Å². The lowest BCUT2D eigenvalue weighted by Gasteiger charge is -2.36. The molecule has 2 fully saturated rings. The number of nitrogens with zero attached hydrogens (tertiary/aromatic N) is 3. The summed E-state index contributed by atoms with van der Waals surface area (Å²) in [6, 6.07) is 9.06. The number of anilines is 2. The molecule has 4 amide bonds.